The van der Waals surface area contributed by atoms with Gasteiger partial charge in [-0.05, 0) is 22.3 Å². The molecule has 0 amide bonds. The highest BCUT2D eigenvalue weighted by Crippen LogP contribution is 2.23. The Labute approximate surface area is 160 Å². The SMILES string of the molecule is Nc1nc(Cl)c2ncn(Cc3ccc(-c4ccc(CCl)cc4)cc3)c2n1. The third-order valence-electron chi connectivity index (χ3n) is 4.19. The van der Waals surface area contributed by atoms with Crippen molar-refractivity contribution in [3.63, 3.8) is 0 Å². The van der Waals surface area contributed by atoms with E-state index in [2.05, 4.69) is 51.4 Å². The molecule has 2 aromatic carbocycles. The fourth-order valence-corrected chi connectivity index (χ4v) is 3.22. The fourth-order valence-electron chi connectivity index (χ4n) is 2.83. The summed E-state index contributed by atoms with van der Waals surface area (Å²) in [6.07, 6.45) is 1.70. The van der Waals surface area contributed by atoms with Gasteiger partial charge in [0.05, 0.1) is 12.9 Å². The predicted octanol–water partition coefficient (Wildman–Crippen LogP) is 4.52. The van der Waals surface area contributed by atoms with Crippen LogP contribution in [0.1, 0.15) is 11.1 Å². The molecule has 0 bridgehead atoms. The van der Waals surface area contributed by atoms with E-state index in [9.17, 15) is 0 Å². The number of hydrogen-bond acceptors (Lipinski definition) is 4. The third kappa shape index (κ3) is 3.23. The third-order valence-corrected chi connectivity index (χ3v) is 4.76. The van der Waals surface area contributed by atoms with Gasteiger partial charge in [-0.25, -0.2) is 4.98 Å². The maximum absolute atomic E-state index is 6.07. The number of aromatic nitrogens is 4. The van der Waals surface area contributed by atoms with Gasteiger partial charge >= 0.3 is 0 Å². The Bertz CT molecular complexity index is 1060. The number of halogens is 2. The molecule has 7 heteroatoms. The van der Waals surface area contributed by atoms with Crippen molar-refractivity contribution in [1.29, 1.82) is 0 Å². The quantitative estimate of drug-likeness (QED) is 0.415. The van der Waals surface area contributed by atoms with Crippen molar-refractivity contribution in [3.05, 3.63) is 71.1 Å². The van der Waals surface area contributed by atoms with Crippen molar-refractivity contribution < 1.29 is 0 Å². The average molecular weight is 384 g/mol. The van der Waals surface area contributed by atoms with Crippen LogP contribution in [0.5, 0.6) is 0 Å². The summed E-state index contributed by atoms with van der Waals surface area (Å²) in [5.41, 5.74) is 11.4. The highest BCUT2D eigenvalue weighted by Gasteiger charge is 2.11. The van der Waals surface area contributed by atoms with Crippen LogP contribution in [0.15, 0.2) is 54.9 Å². The van der Waals surface area contributed by atoms with E-state index in [4.69, 9.17) is 28.9 Å². The van der Waals surface area contributed by atoms with Gasteiger partial charge in [0.2, 0.25) is 5.95 Å². The molecule has 2 aromatic heterocycles. The van der Waals surface area contributed by atoms with E-state index < -0.39 is 0 Å². The van der Waals surface area contributed by atoms with Crippen molar-refractivity contribution in [3.8, 4) is 11.1 Å². The molecule has 0 aliphatic heterocycles. The van der Waals surface area contributed by atoms with Gasteiger partial charge in [0.1, 0.15) is 5.52 Å². The monoisotopic (exact) mass is 383 g/mol. The first-order valence-corrected chi connectivity index (χ1v) is 8.93. The molecule has 0 aliphatic rings. The molecule has 0 atom stereocenters. The van der Waals surface area contributed by atoms with Crippen molar-refractivity contribution in [2.45, 2.75) is 12.4 Å². The lowest BCUT2D eigenvalue weighted by Gasteiger charge is -2.07. The van der Waals surface area contributed by atoms with E-state index in [0.717, 1.165) is 22.3 Å². The van der Waals surface area contributed by atoms with Gasteiger partial charge in [0.25, 0.3) is 0 Å². The summed E-state index contributed by atoms with van der Waals surface area (Å²) in [6.45, 7) is 0.620. The van der Waals surface area contributed by atoms with E-state index in [0.29, 0.717) is 23.6 Å². The lowest BCUT2D eigenvalue weighted by molar-refractivity contribution is 0.814. The summed E-state index contributed by atoms with van der Waals surface area (Å²) in [4.78, 5) is 12.5. The summed E-state index contributed by atoms with van der Waals surface area (Å²) in [5.74, 6) is 0.663. The highest BCUT2D eigenvalue weighted by atomic mass is 35.5. The Hall–Kier alpha value is -2.63. The number of fused-ring (bicyclic) bond motifs is 1. The smallest absolute Gasteiger partial charge is 0.223 e. The number of alkyl halides is 1. The van der Waals surface area contributed by atoms with Gasteiger partial charge in [-0.3, -0.25) is 0 Å². The van der Waals surface area contributed by atoms with Crippen LogP contribution in [0, 0.1) is 0 Å². The summed E-state index contributed by atoms with van der Waals surface area (Å²) < 4.78 is 1.91. The number of nitrogen functional groups attached to an aromatic ring is 1. The molecule has 0 saturated carbocycles. The number of anilines is 1. The van der Waals surface area contributed by atoms with E-state index in [-0.39, 0.29) is 11.1 Å². The van der Waals surface area contributed by atoms with Crippen LogP contribution in [-0.2, 0) is 12.4 Å². The Morgan fingerprint density at radius 2 is 1.50 bits per heavy atom. The number of nitrogens with zero attached hydrogens (tertiary/aromatic N) is 4. The predicted molar refractivity (Wildman–Crippen MR) is 105 cm³/mol. The maximum Gasteiger partial charge on any atom is 0.223 e. The van der Waals surface area contributed by atoms with Gasteiger partial charge < -0.3 is 10.3 Å². The van der Waals surface area contributed by atoms with E-state index in [1.165, 1.54) is 0 Å². The number of benzene rings is 2. The number of hydrogen-bond donors (Lipinski definition) is 1. The van der Waals surface area contributed by atoms with Crippen LogP contribution < -0.4 is 5.73 Å². The molecule has 0 radical (unpaired) electrons. The van der Waals surface area contributed by atoms with Crippen LogP contribution in [0.2, 0.25) is 5.15 Å². The molecule has 4 rings (SSSR count). The Balaban J connectivity index is 1.59. The molecule has 2 N–H and O–H groups in total. The molecule has 130 valence electrons. The number of imidazole rings is 1. The largest absolute Gasteiger partial charge is 0.368 e. The summed E-state index contributed by atoms with van der Waals surface area (Å²) in [5, 5.41) is 0.266. The molecular weight excluding hydrogens is 369 g/mol. The second kappa shape index (κ2) is 6.94. The lowest BCUT2D eigenvalue weighted by Crippen LogP contribution is -2.02. The molecule has 0 aliphatic carbocycles. The minimum atomic E-state index is 0.139. The molecule has 0 saturated heterocycles. The second-order valence-corrected chi connectivity index (χ2v) is 6.57. The van der Waals surface area contributed by atoms with Crippen LogP contribution >= 0.6 is 23.2 Å². The second-order valence-electron chi connectivity index (χ2n) is 5.94. The Morgan fingerprint density at radius 1 is 0.885 bits per heavy atom. The van der Waals surface area contributed by atoms with Gasteiger partial charge in [-0.1, -0.05) is 60.1 Å². The van der Waals surface area contributed by atoms with Crippen LogP contribution in [-0.4, -0.2) is 19.5 Å². The van der Waals surface area contributed by atoms with Crippen molar-refractivity contribution in [2.75, 3.05) is 5.73 Å². The summed E-state index contributed by atoms with van der Waals surface area (Å²) >= 11 is 11.9. The molecule has 5 nitrogen and oxygen atoms in total. The Morgan fingerprint density at radius 3 is 2.12 bits per heavy atom. The molecule has 4 aromatic rings. The zero-order valence-electron chi connectivity index (χ0n) is 13.7. The minimum absolute atomic E-state index is 0.139. The molecule has 2 heterocycles. The topological polar surface area (TPSA) is 69.6 Å². The number of rotatable bonds is 4. The molecule has 26 heavy (non-hydrogen) atoms. The van der Waals surface area contributed by atoms with Crippen molar-refractivity contribution in [1.82, 2.24) is 19.5 Å². The van der Waals surface area contributed by atoms with Crippen LogP contribution in [0.25, 0.3) is 22.3 Å². The maximum atomic E-state index is 6.07. The van der Waals surface area contributed by atoms with E-state index in [1.807, 2.05) is 16.7 Å². The van der Waals surface area contributed by atoms with Crippen LogP contribution in [0.4, 0.5) is 5.95 Å². The molecule has 0 spiro atoms. The summed E-state index contributed by atoms with van der Waals surface area (Å²) in [6, 6.07) is 16.6. The minimum Gasteiger partial charge on any atom is -0.368 e. The fraction of sp³-hybridized carbons (Fsp3) is 0.105. The molecule has 0 unspecified atom stereocenters. The van der Waals surface area contributed by atoms with E-state index >= 15 is 0 Å². The van der Waals surface area contributed by atoms with Crippen molar-refractivity contribution in [2.24, 2.45) is 0 Å². The van der Waals surface area contributed by atoms with Crippen molar-refractivity contribution >= 4 is 40.3 Å². The molecular formula is C19H15Cl2N5. The first-order chi connectivity index (χ1) is 12.6. The zero-order chi connectivity index (χ0) is 18.1. The van der Waals surface area contributed by atoms with Gasteiger partial charge in [-0.2, -0.15) is 9.97 Å². The summed E-state index contributed by atoms with van der Waals surface area (Å²) in [7, 11) is 0. The first-order valence-electron chi connectivity index (χ1n) is 8.02. The van der Waals surface area contributed by atoms with E-state index in [1.54, 1.807) is 6.33 Å². The number of nitrogens with two attached hydrogens (primary N) is 1. The standard InChI is InChI=1S/C19H15Cl2N5/c20-9-12-1-5-14(6-2-12)15-7-3-13(4-8-15)10-26-11-23-16-17(21)24-19(22)25-18(16)26/h1-8,11H,9-10H2,(H2,22,24,25). The highest BCUT2D eigenvalue weighted by molar-refractivity contribution is 6.33. The first kappa shape index (κ1) is 16.8. The normalized spacial score (nSPS) is 11.2. The van der Waals surface area contributed by atoms with Gasteiger partial charge in [0.15, 0.2) is 10.8 Å². The molecule has 0 fully saturated rings. The zero-order valence-corrected chi connectivity index (χ0v) is 15.2. The van der Waals surface area contributed by atoms with Crippen LogP contribution in [0.3, 0.4) is 0 Å². The Kier molecular flexibility index (Phi) is 4.49. The van der Waals surface area contributed by atoms with Gasteiger partial charge in [-0.15, -0.1) is 11.6 Å². The average Bonchev–Trinajstić information content (AvgIpc) is 3.05. The van der Waals surface area contributed by atoms with Gasteiger partial charge in [0, 0.05) is 5.88 Å². The lowest BCUT2D eigenvalue weighted by atomic mass is 10.0.